The van der Waals surface area contributed by atoms with E-state index in [4.69, 9.17) is 0 Å². The number of nitrogens with zero attached hydrogens (tertiary/aromatic N) is 4. The summed E-state index contributed by atoms with van der Waals surface area (Å²) in [4.78, 5) is 0. The van der Waals surface area contributed by atoms with Crippen LogP contribution in [0.25, 0.3) is 0 Å². The first-order valence-electron chi connectivity index (χ1n) is 6.62. The van der Waals surface area contributed by atoms with Gasteiger partial charge in [0.15, 0.2) is 5.82 Å². The van der Waals surface area contributed by atoms with Gasteiger partial charge in [-0.3, -0.25) is 0 Å². The van der Waals surface area contributed by atoms with Crippen molar-refractivity contribution in [3.05, 3.63) is 40.2 Å². The third-order valence-electron chi connectivity index (χ3n) is 3.35. The third kappa shape index (κ3) is 2.83. The average molecular weight is 258 g/mol. The second-order valence-corrected chi connectivity index (χ2v) is 6.29. The van der Waals surface area contributed by atoms with E-state index in [1.165, 1.54) is 22.3 Å². The fourth-order valence-electron chi connectivity index (χ4n) is 2.46. The van der Waals surface area contributed by atoms with Gasteiger partial charge in [0, 0.05) is 5.41 Å². The molecule has 0 saturated heterocycles. The molecule has 4 nitrogen and oxygen atoms in total. The minimum Gasteiger partial charge on any atom is -0.225 e. The standard InChI is InChI=1S/C15H22N4/c1-10-7-11(2)13(12(3)8-10)9-19-14(15(4,5)6)16-17-18-19/h7-8H,9H2,1-6H3. The van der Waals surface area contributed by atoms with E-state index in [-0.39, 0.29) is 5.41 Å². The summed E-state index contributed by atoms with van der Waals surface area (Å²) in [5, 5.41) is 12.1. The summed E-state index contributed by atoms with van der Waals surface area (Å²) < 4.78 is 1.91. The summed E-state index contributed by atoms with van der Waals surface area (Å²) in [7, 11) is 0. The molecule has 2 rings (SSSR count). The predicted molar refractivity (Wildman–Crippen MR) is 76.3 cm³/mol. The molecule has 0 bridgehead atoms. The molecule has 0 aliphatic carbocycles. The van der Waals surface area contributed by atoms with Crippen molar-refractivity contribution >= 4 is 0 Å². The number of hydrogen-bond donors (Lipinski definition) is 0. The van der Waals surface area contributed by atoms with E-state index >= 15 is 0 Å². The molecule has 1 heterocycles. The molecule has 1 aromatic heterocycles. The fraction of sp³-hybridized carbons (Fsp3) is 0.533. The Kier molecular flexibility index (Phi) is 3.43. The van der Waals surface area contributed by atoms with Crippen LogP contribution < -0.4 is 0 Å². The van der Waals surface area contributed by atoms with E-state index in [1.54, 1.807) is 0 Å². The normalized spacial score (nSPS) is 11.9. The Morgan fingerprint density at radius 3 is 2.16 bits per heavy atom. The van der Waals surface area contributed by atoms with Crippen LogP contribution in [0.5, 0.6) is 0 Å². The molecule has 19 heavy (non-hydrogen) atoms. The predicted octanol–water partition coefficient (Wildman–Crippen LogP) is 2.94. The van der Waals surface area contributed by atoms with E-state index in [2.05, 4.69) is 69.2 Å². The minimum atomic E-state index is -0.0456. The molecule has 1 aromatic carbocycles. The lowest BCUT2D eigenvalue weighted by Gasteiger charge is -2.18. The summed E-state index contributed by atoms with van der Waals surface area (Å²) in [5.74, 6) is 0.923. The zero-order chi connectivity index (χ0) is 14.2. The maximum absolute atomic E-state index is 4.16. The largest absolute Gasteiger partial charge is 0.225 e. The number of benzene rings is 1. The third-order valence-corrected chi connectivity index (χ3v) is 3.35. The number of aromatic nitrogens is 4. The topological polar surface area (TPSA) is 43.6 Å². The van der Waals surface area contributed by atoms with Gasteiger partial charge in [-0.05, 0) is 47.9 Å². The Labute approximate surface area is 114 Å². The number of rotatable bonds is 2. The van der Waals surface area contributed by atoms with E-state index in [1.807, 2.05) is 4.68 Å². The van der Waals surface area contributed by atoms with Crippen molar-refractivity contribution in [1.29, 1.82) is 0 Å². The van der Waals surface area contributed by atoms with Crippen LogP contribution in [0.4, 0.5) is 0 Å². The maximum Gasteiger partial charge on any atom is 0.156 e. The highest BCUT2D eigenvalue weighted by Crippen LogP contribution is 2.22. The van der Waals surface area contributed by atoms with E-state index in [0.717, 1.165) is 12.4 Å². The lowest BCUT2D eigenvalue weighted by Crippen LogP contribution is -2.20. The van der Waals surface area contributed by atoms with Gasteiger partial charge in [0.2, 0.25) is 0 Å². The fourth-order valence-corrected chi connectivity index (χ4v) is 2.46. The summed E-state index contributed by atoms with van der Waals surface area (Å²) >= 11 is 0. The minimum absolute atomic E-state index is 0.0456. The molecular formula is C15H22N4. The molecule has 0 radical (unpaired) electrons. The lowest BCUT2D eigenvalue weighted by molar-refractivity contribution is 0.489. The summed E-state index contributed by atoms with van der Waals surface area (Å²) in [6.45, 7) is 13.5. The molecule has 2 aromatic rings. The lowest BCUT2D eigenvalue weighted by atomic mass is 9.95. The molecule has 0 saturated carbocycles. The zero-order valence-electron chi connectivity index (χ0n) is 12.7. The average Bonchev–Trinajstić information content (AvgIpc) is 2.70. The van der Waals surface area contributed by atoms with Crippen LogP contribution >= 0.6 is 0 Å². The molecular weight excluding hydrogens is 236 g/mol. The van der Waals surface area contributed by atoms with Gasteiger partial charge in [-0.25, -0.2) is 4.68 Å². The van der Waals surface area contributed by atoms with Crippen LogP contribution in [0, 0.1) is 20.8 Å². The Balaban J connectivity index is 2.40. The Hall–Kier alpha value is -1.71. The monoisotopic (exact) mass is 258 g/mol. The van der Waals surface area contributed by atoms with Gasteiger partial charge in [0.25, 0.3) is 0 Å². The molecule has 0 aliphatic rings. The summed E-state index contributed by atoms with van der Waals surface area (Å²) in [6, 6.07) is 4.42. The van der Waals surface area contributed by atoms with Gasteiger partial charge >= 0.3 is 0 Å². The molecule has 0 fully saturated rings. The molecule has 0 atom stereocenters. The molecule has 0 unspecified atom stereocenters. The van der Waals surface area contributed by atoms with Gasteiger partial charge in [0.1, 0.15) is 0 Å². The number of tetrazole rings is 1. The van der Waals surface area contributed by atoms with Gasteiger partial charge in [0.05, 0.1) is 6.54 Å². The van der Waals surface area contributed by atoms with Gasteiger partial charge in [-0.15, -0.1) is 5.10 Å². The smallest absolute Gasteiger partial charge is 0.156 e. The Bertz CT molecular complexity index is 567. The van der Waals surface area contributed by atoms with E-state index < -0.39 is 0 Å². The molecule has 0 N–H and O–H groups in total. The SMILES string of the molecule is Cc1cc(C)c(Cn2nnnc2C(C)(C)C)c(C)c1. The van der Waals surface area contributed by atoms with Crippen molar-refractivity contribution < 1.29 is 0 Å². The molecule has 0 amide bonds. The highest BCUT2D eigenvalue weighted by molar-refractivity contribution is 5.37. The van der Waals surface area contributed by atoms with Crippen molar-refractivity contribution in [2.24, 2.45) is 0 Å². The molecule has 4 heteroatoms. The molecule has 0 spiro atoms. The van der Waals surface area contributed by atoms with Crippen LogP contribution in [0.15, 0.2) is 12.1 Å². The second kappa shape index (κ2) is 4.76. The van der Waals surface area contributed by atoms with Crippen molar-refractivity contribution in [2.75, 3.05) is 0 Å². The van der Waals surface area contributed by atoms with Gasteiger partial charge < -0.3 is 0 Å². The van der Waals surface area contributed by atoms with Crippen molar-refractivity contribution in [2.45, 2.75) is 53.5 Å². The van der Waals surface area contributed by atoms with Crippen LogP contribution in [0.3, 0.4) is 0 Å². The zero-order valence-corrected chi connectivity index (χ0v) is 12.7. The van der Waals surface area contributed by atoms with Crippen LogP contribution in [-0.4, -0.2) is 20.2 Å². The Morgan fingerprint density at radius 1 is 1.05 bits per heavy atom. The first-order valence-corrected chi connectivity index (χ1v) is 6.62. The van der Waals surface area contributed by atoms with Crippen molar-refractivity contribution in [3.63, 3.8) is 0 Å². The number of hydrogen-bond acceptors (Lipinski definition) is 3. The van der Waals surface area contributed by atoms with E-state index in [9.17, 15) is 0 Å². The quantitative estimate of drug-likeness (QED) is 0.832. The molecule has 102 valence electrons. The van der Waals surface area contributed by atoms with Crippen molar-refractivity contribution in [1.82, 2.24) is 20.2 Å². The maximum atomic E-state index is 4.16. The second-order valence-electron chi connectivity index (χ2n) is 6.29. The summed E-state index contributed by atoms with van der Waals surface area (Å²) in [6.07, 6.45) is 0. The molecule has 0 aliphatic heterocycles. The van der Waals surface area contributed by atoms with Crippen molar-refractivity contribution in [3.8, 4) is 0 Å². The van der Waals surface area contributed by atoms with Gasteiger partial charge in [-0.1, -0.05) is 38.5 Å². The van der Waals surface area contributed by atoms with Gasteiger partial charge in [-0.2, -0.15) is 0 Å². The van der Waals surface area contributed by atoms with Crippen LogP contribution in [-0.2, 0) is 12.0 Å². The number of aryl methyl sites for hydroxylation is 3. The highest BCUT2D eigenvalue weighted by atomic mass is 15.5. The van der Waals surface area contributed by atoms with E-state index in [0.29, 0.717) is 0 Å². The van der Waals surface area contributed by atoms with Crippen LogP contribution in [0.1, 0.15) is 48.8 Å². The first-order chi connectivity index (χ1) is 8.79. The Morgan fingerprint density at radius 2 is 1.63 bits per heavy atom. The summed E-state index contributed by atoms with van der Waals surface area (Å²) in [5.41, 5.74) is 5.16. The highest BCUT2D eigenvalue weighted by Gasteiger charge is 2.22. The van der Waals surface area contributed by atoms with Crippen LogP contribution in [0.2, 0.25) is 0 Å². The first kappa shape index (κ1) is 13.7.